The van der Waals surface area contributed by atoms with Crippen LogP contribution in [0.25, 0.3) is 0 Å². The molecule has 0 bridgehead atoms. The molecular formula is C24H40. The van der Waals surface area contributed by atoms with E-state index in [1.807, 2.05) is 27.7 Å². The Morgan fingerprint density at radius 3 is 1.67 bits per heavy atom. The number of rotatable bonds is 7. The fourth-order valence-corrected chi connectivity index (χ4v) is 2.45. The molecule has 2 aromatic carbocycles. The van der Waals surface area contributed by atoms with Gasteiger partial charge in [0.15, 0.2) is 0 Å². The molecule has 0 unspecified atom stereocenters. The molecule has 24 heavy (non-hydrogen) atoms. The SMILES string of the molecule is C.CC.CC.CCCCCc1cccc(CCc2ccccc2)c1. The van der Waals surface area contributed by atoms with Gasteiger partial charge in [0.2, 0.25) is 0 Å². The maximum atomic E-state index is 2.39. The summed E-state index contributed by atoms with van der Waals surface area (Å²) in [6.45, 7) is 10.3. The van der Waals surface area contributed by atoms with Gasteiger partial charge in [-0.05, 0) is 42.4 Å². The smallest absolute Gasteiger partial charge is 0.0238 e. The Labute approximate surface area is 152 Å². The molecule has 0 saturated carbocycles. The van der Waals surface area contributed by atoms with Crippen LogP contribution in [0.3, 0.4) is 0 Å². The van der Waals surface area contributed by atoms with Gasteiger partial charge in [-0.15, -0.1) is 0 Å². The Hall–Kier alpha value is -1.56. The topological polar surface area (TPSA) is 0 Å². The van der Waals surface area contributed by atoms with Crippen LogP contribution in [0.15, 0.2) is 54.6 Å². The van der Waals surface area contributed by atoms with Crippen molar-refractivity contribution < 1.29 is 0 Å². The summed E-state index contributed by atoms with van der Waals surface area (Å²) in [7, 11) is 0. The van der Waals surface area contributed by atoms with Gasteiger partial charge in [-0.2, -0.15) is 0 Å². The molecule has 0 aliphatic heterocycles. The second-order valence-electron chi connectivity index (χ2n) is 5.26. The maximum absolute atomic E-state index is 2.39. The zero-order chi connectivity index (χ0) is 17.3. The minimum Gasteiger partial charge on any atom is -0.0776 e. The lowest BCUT2D eigenvalue weighted by molar-refractivity contribution is 0.717. The molecule has 0 saturated heterocycles. The molecule has 0 atom stereocenters. The van der Waals surface area contributed by atoms with E-state index in [0.717, 1.165) is 12.8 Å². The molecule has 2 aromatic rings. The van der Waals surface area contributed by atoms with Crippen LogP contribution in [0.4, 0.5) is 0 Å². The van der Waals surface area contributed by atoms with Crippen LogP contribution in [-0.4, -0.2) is 0 Å². The van der Waals surface area contributed by atoms with E-state index in [9.17, 15) is 0 Å². The molecule has 2 rings (SSSR count). The van der Waals surface area contributed by atoms with E-state index in [2.05, 4.69) is 61.5 Å². The number of aryl methyl sites for hydroxylation is 3. The molecule has 0 amide bonds. The van der Waals surface area contributed by atoms with Crippen molar-refractivity contribution in [3.8, 4) is 0 Å². The van der Waals surface area contributed by atoms with E-state index in [1.54, 1.807) is 0 Å². The summed E-state index contributed by atoms with van der Waals surface area (Å²) in [5.41, 5.74) is 4.40. The predicted octanol–water partition coefficient (Wildman–Crippen LogP) is 7.89. The molecule has 0 radical (unpaired) electrons. The Balaban J connectivity index is 0. The first-order valence-electron chi connectivity index (χ1n) is 9.50. The minimum absolute atomic E-state index is 0. The number of benzene rings is 2. The quantitative estimate of drug-likeness (QED) is 0.453. The van der Waals surface area contributed by atoms with Crippen LogP contribution in [0.2, 0.25) is 0 Å². The van der Waals surface area contributed by atoms with E-state index in [4.69, 9.17) is 0 Å². The van der Waals surface area contributed by atoms with Crippen LogP contribution in [0, 0.1) is 0 Å². The highest BCUT2D eigenvalue weighted by Crippen LogP contribution is 2.12. The summed E-state index contributed by atoms with van der Waals surface area (Å²) >= 11 is 0. The van der Waals surface area contributed by atoms with Crippen LogP contribution >= 0.6 is 0 Å². The first kappa shape index (κ1) is 24.7. The Kier molecular flexibility index (Phi) is 18.3. The highest BCUT2D eigenvalue weighted by molar-refractivity contribution is 5.25. The molecule has 0 N–H and O–H groups in total. The van der Waals surface area contributed by atoms with Gasteiger partial charge < -0.3 is 0 Å². The zero-order valence-corrected chi connectivity index (χ0v) is 15.9. The van der Waals surface area contributed by atoms with Gasteiger partial charge in [0, 0.05) is 0 Å². The summed E-state index contributed by atoms with van der Waals surface area (Å²) < 4.78 is 0. The van der Waals surface area contributed by atoms with Crippen molar-refractivity contribution in [1.29, 1.82) is 0 Å². The largest absolute Gasteiger partial charge is 0.0776 e. The highest BCUT2D eigenvalue weighted by atomic mass is 14.0. The van der Waals surface area contributed by atoms with E-state index in [-0.39, 0.29) is 7.43 Å². The normalized spacial score (nSPS) is 8.88. The Morgan fingerprint density at radius 2 is 1.08 bits per heavy atom. The van der Waals surface area contributed by atoms with E-state index in [1.165, 1.54) is 42.4 Å². The van der Waals surface area contributed by atoms with Gasteiger partial charge in [0.25, 0.3) is 0 Å². The predicted molar refractivity (Wildman–Crippen MR) is 113 cm³/mol. The molecule has 0 heteroatoms. The first-order chi connectivity index (χ1) is 11.4. The van der Waals surface area contributed by atoms with Crippen LogP contribution in [0.5, 0.6) is 0 Å². The summed E-state index contributed by atoms with van der Waals surface area (Å²) in [6, 6.07) is 19.9. The fraction of sp³-hybridized carbons (Fsp3) is 0.500. The molecule has 0 nitrogen and oxygen atoms in total. The molecule has 0 heterocycles. The standard InChI is InChI=1S/C19H24.2C2H6.CH4/c1-2-3-5-11-18-12-8-13-19(16-18)15-14-17-9-6-4-7-10-17;2*1-2;/h4,6-10,12-13,16H,2-3,5,11,14-15H2,1H3;2*1-2H3;1H4. The van der Waals surface area contributed by atoms with Crippen molar-refractivity contribution in [3.05, 3.63) is 71.3 Å². The van der Waals surface area contributed by atoms with E-state index in [0.29, 0.717) is 0 Å². The molecular weight excluding hydrogens is 288 g/mol. The molecule has 0 aliphatic rings. The molecule has 0 fully saturated rings. The van der Waals surface area contributed by atoms with Crippen molar-refractivity contribution in [2.45, 2.75) is 80.6 Å². The summed E-state index contributed by atoms with van der Waals surface area (Å²) in [5.74, 6) is 0. The molecule has 0 spiro atoms. The number of hydrogen-bond acceptors (Lipinski definition) is 0. The third-order valence-electron chi connectivity index (χ3n) is 3.61. The Morgan fingerprint density at radius 1 is 0.583 bits per heavy atom. The minimum atomic E-state index is 0. The third kappa shape index (κ3) is 11.0. The molecule has 0 aliphatic carbocycles. The van der Waals surface area contributed by atoms with Crippen molar-refractivity contribution in [1.82, 2.24) is 0 Å². The summed E-state index contributed by atoms with van der Waals surface area (Å²) in [6.07, 6.45) is 7.47. The third-order valence-corrected chi connectivity index (χ3v) is 3.61. The van der Waals surface area contributed by atoms with Gasteiger partial charge in [-0.3, -0.25) is 0 Å². The van der Waals surface area contributed by atoms with Gasteiger partial charge in [0.1, 0.15) is 0 Å². The maximum Gasteiger partial charge on any atom is -0.0238 e. The van der Waals surface area contributed by atoms with Gasteiger partial charge in [-0.25, -0.2) is 0 Å². The van der Waals surface area contributed by atoms with Crippen LogP contribution < -0.4 is 0 Å². The monoisotopic (exact) mass is 328 g/mol. The lowest BCUT2D eigenvalue weighted by atomic mass is 10.0. The number of hydrogen-bond donors (Lipinski definition) is 0. The molecule has 136 valence electrons. The summed E-state index contributed by atoms with van der Waals surface area (Å²) in [5, 5.41) is 0. The van der Waals surface area contributed by atoms with E-state index < -0.39 is 0 Å². The lowest BCUT2D eigenvalue weighted by Crippen LogP contribution is -1.93. The Bertz CT molecular complexity index is 470. The molecule has 0 aromatic heterocycles. The highest BCUT2D eigenvalue weighted by Gasteiger charge is 1.98. The second-order valence-corrected chi connectivity index (χ2v) is 5.26. The lowest BCUT2D eigenvalue weighted by Gasteiger charge is -2.05. The van der Waals surface area contributed by atoms with Crippen LogP contribution in [0.1, 0.15) is 78.0 Å². The second kappa shape index (κ2) is 17.8. The summed E-state index contributed by atoms with van der Waals surface area (Å²) in [4.78, 5) is 0. The van der Waals surface area contributed by atoms with Gasteiger partial charge >= 0.3 is 0 Å². The fourth-order valence-electron chi connectivity index (χ4n) is 2.45. The van der Waals surface area contributed by atoms with Crippen molar-refractivity contribution >= 4 is 0 Å². The number of unbranched alkanes of at least 4 members (excludes halogenated alkanes) is 2. The van der Waals surface area contributed by atoms with Crippen molar-refractivity contribution in [3.63, 3.8) is 0 Å². The van der Waals surface area contributed by atoms with Gasteiger partial charge in [0.05, 0.1) is 0 Å². The average Bonchev–Trinajstić information content (AvgIpc) is 2.65. The van der Waals surface area contributed by atoms with Crippen molar-refractivity contribution in [2.75, 3.05) is 0 Å². The average molecular weight is 329 g/mol. The van der Waals surface area contributed by atoms with Crippen LogP contribution in [-0.2, 0) is 19.3 Å². The zero-order valence-electron chi connectivity index (χ0n) is 15.9. The van der Waals surface area contributed by atoms with Crippen molar-refractivity contribution in [2.24, 2.45) is 0 Å². The van der Waals surface area contributed by atoms with E-state index >= 15 is 0 Å². The first-order valence-corrected chi connectivity index (χ1v) is 9.50. The van der Waals surface area contributed by atoms with Gasteiger partial charge in [-0.1, -0.05) is 109 Å².